The number of benzene rings is 1. The van der Waals surface area contributed by atoms with Gasteiger partial charge in [-0.15, -0.1) is 0 Å². The number of nitrogens with one attached hydrogen (secondary N) is 1. The molecule has 3 heteroatoms. The predicted octanol–water partition coefficient (Wildman–Crippen LogP) is 2.64. The van der Waals surface area contributed by atoms with Gasteiger partial charge in [-0.25, -0.2) is 0 Å². The van der Waals surface area contributed by atoms with Gasteiger partial charge in [-0.3, -0.25) is 0 Å². The quantitative estimate of drug-likeness (QED) is 0.602. The van der Waals surface area contributed by atoms with E-state index in [1.807, 2.05) is 18.2 Å². The summed E-state index contributed by atoms with van der Waals surface area (Å²) in [5.74, 6) is 0. The Balaban J connectivity index is 2.59. The van der Waals surface area contributed by atoms with Gasteiger partial charge in [-0.1, -0.05) is 56.5 Å². The van der Waals surface area contributed by atoms with Gasteiger partial charge < -0.3 is 15.5 Å². The number of aliphatic hydroxyl groups is 2. The van der Waals surface area contributed by atoms with Crippen LogP contribution in [0.15, 0.2) is 30.3 Å². The van der Waals surface area contributed by atoms with Crippen LogP contribution in [0, 0.1) is 0 Å². The molecule has 0 amide bonds. The van der Waals surface area contributed by atoms with Gasteiger partial charge in [-0.05, 0) is 18.9 Å². The van der Waals surface area contributed by atoms with Crippen LogP contribution in [-0.2, 0) is 0 Å². The van der Waals surface area contributed by atoms with Crippen LogP contribution in [0.1, 0.15) is 51.1 Å². The van der Waals surface area contributed by atoms with E-state index in [0.717, 1.165) is 6.42 Å². The van der Waals surface area contributed by atoms with Crippen molar-refractivity contribution >= 4 is 0 Å². The molecule has 0 aliphatic heterocycles. The Morgan fingerprint density at radius 3 is 2.47 bits per heavy atom. The SMILES string of the molecule is CCCCCC(NCC(C)(O)CO)c1ccccc1. The first kappa shape index (κ1) is 16.2. The maximum Gasteiger partial charge on any atom is 0.0973 e. The highest BCUT2D eigenvalue weighted by molar-refractivity contribution is 5.18. The summed E-state index contributed by atoms with van der Waals surface area (Å²) >= 11 is 0. The van der Waals surface area contributed by atoms with Crippen molar-refractivity contribution < 1.29 is 10.2 Å². The molecule has 0 aliphatic carbocycles. The van der Waals surface area contributed by atoms with E-state index >= 15 is 0 Å². The fourth-order valence-corrected chi connectivity index (χ4v) is 2.07. The second kappa shape index (κ2) is 8.31. The molecule has 0 aromatic heterocycles. The lowest BCUT2D eigenvalue weighted by molar-refractivity contribution is 0.000435. The van der Waals surface area contributed by atoms with E-state index in [9.17, 15) is 5.11 Å². The highest BCUT2D eigenvalue weighted by Gasteiger charge is 2.21. The molecule has 0 bridgehead atoms. The molecule has 19 heavy (non-hydrogen) atoms. The summed E-state index contributed by atoms with van der Waals surface area (Å²) in [6.07, 6.45) is 4.65. The zero-order chi connectivity index (χ0) is 14.1. The number of unbranched alkanes of at least 4 members (excludes halogenated alkanes) is 2. The minimum absolute atomic E-state index is 0.226. The van der Waals surface area contributed by atoms with Gasteiger partial charge in [0.2, 0.25) is 0 Å². The zero-order valence-electron chi connectivity index (χ0n) is 12.1. The maximum absolute atomic E-state index is 9.88. The van der Waals surface area contributed by atoms with E-state index < -0.39 is 5.60 Å². The van der Waals surface area contributed by atoms with Crippen molar-refractivity contribution in [3.8, 4) is 0 Å². The number of hydrogen-bond acceptors (Lipinski definition) is 3. The Bertz CT molecular complexity index is 338. The zero-order valence-corrected chi connectivity index (χ0v) is 12.1. The van der Waals surface area contributed by atoms with Gasteiger partial charge in [0.15, 0.2) is 0 Å². The first-order valence-corrected chi connectivity index (χ1v) is 7.20. The van der Waals surface area contributed by atoms with Crippen molar-refractivity contribution in [1.82, 2.24) is 5.32 Å². The molecule has 108 valence electrons. The monoisotopic (exact) mass is 265 g/mol. The van der Waals surface area contributed by atoms with Gasteiger partial charge in [0.25, 0.3) is 0 Å². The van der Waals surface area contributed by atoms with Gasteiger partial charge in [-0.2, -0.15) is 0 Å². The van der Waals surface area contributed by atoms with Crippen LogP contribution in [-0.4, -0.2) is 29.0 Å². The van der Waals surface area contributed by atoms with Gasteiger partial charge in [0.1, 0.15) is 0 Å². The molecule has 2 unspecified atom stereocenters. The molecule has 0 saturated heterocycles. The molecule has 1 aromatic carbocycles. The van der Waals surface area contributed by atoms with E-state index in [1.165, 1.54) is 24.8 Å². The van der Waals surface area contributed by atoms with Crippen LogP contribution in [0.4, 0.5) is 0 Å². The summed E-state index contributed by atoms with van der Waals surface area (Å²) in [7, 11) is 0. The van der Waals surface area contributed by atoms with Crippen molar-refractivity contribution in [2.75, 3.05) is 13.2 Å². The molecule has 0 fully saturated rings. The first-order valence-electron chi connectivity index (χ1n) is 7.20. The topological polar surface area (TPSA) is 52.5 Å². The molecule has 3 N–H and O–H groups in total. The molecule has 3 nitrogen and oxygen atoms in total. The Hall–Kier alpha value is -0.900. The summed E-state index contributed by atoms with van der Waals surface area (Å²) < 4.78 is 0. The third-order valence-corrected chi connectivity index (χ3v) is 3.37. The van der Waals surface area contributed by atoms with Crippen molar-refractivity contribution in [2.45, 2.75) is 51.2 Å². The molecule has 1 aromatic rings. The molecular formula is C16H27NO2. The summed E-state index contributed by atoms with van der Waals surface area (Å²) in [6.45, 7) is 4.02. The average Bonchev–Trinajstić information content (AvgIpc) is 2.43. The second-order valence-corrected chi connectivity index (χ2v) is 5.50. The van der Waals surface area contributed by atoms with Crippen LogP contribution in [0.5, 0.6) is 0 Å². The van der Waals surface area contributed by atoms with E-state index in [1.54, 1.807) is 6.92 Å². The lowest BCUT2D eigenvalue weighted by atomic mass is 9.99. The third-order valence-electron chi connectivity index (χ3n) is 3.37. The molecule has 0 saturated carbocycles. The number of aliphatic hydroxyl groups excluding tert-OH is 1. The molecule has 0 aliphatic rings. The maximum atomic E-state index is 9.88. The second-order valence-electron chi connectivity index (χ2n) is 5.50. The highest BCUT2D eigenvalue weighted by atomic mass is 16.3. The fourth-order valence-electron chi connectivity index (χ4n) is 2.07. The van der Waals surface area contributed by atoms with Gasteiger partial charge in [0.05, 0.1) is 12.2 Å². The minimum atomic E-state index is -1.06. The van der Waals surface area contributed by atoms with Crippen molar-refractivity contribution in [3.05, 3.63) is 35.9 Å². The van der Waals surface area contributed by atoms with E-state index in [-0.39, 0.29) is 12.6 Å². The van der Waals surface area contributed by atoms with E-state index in [0.29, 0.717) is 6.54 Å². The first-order chi connectivity index (χ1) is 9.09. The van der Waals surface area contributed by atoms with Crippen molar-refractivity contribution in [1.29, 1.82) is 0 Å². The number of hydrogen-bond donors (Lipinski definition) is 3. The van der Waals surface area contributed by atoms with Crippen LogP contribution in [0.25, 0.3) is 0 Å². The van der Waals surface area contributed by atoms with Crippen LogP contribution >= 0.6 is 0 Å². The molecular weight excluding hydrogens is 238 g/mol. The lowest BCUT2D eigenvalue weighted by Crippen LogP contribution is -2.42. The van der Waals surface area contributed by atoms with E-state index in [4.69, 9.17) is 5.11 Å². The van der Waals surface area contributed by atoms with E-state index in [2.05, 4.69) is 24.4 Å². The highest BCUT2D eigenvalue weighted by Crippen LogP contribution is 2.20. The average molecular weight is 265 g/mol. The van der Waals surface area contributed by atoms with Crippen LogP contribution in [0.2, 0.25) is 0 Å². The largest absolute Gasteiger partial charge is 0.393 e. The van der Waals surface area contributed by atoms with Crippen molar-refractivity contribution in [2.24, 2.45) is 0 Å². The Labute approximate surface area is 116 Å². The molecule has 0 heterocycles. The van der Waals surface area contributed by atoms with Crippen LogP contribution in [0.3, 0.4) is 0 Å². The van der Waals surface area contributed by atoms with Crippen LogP contribution < -0.4 is 5.32 Å². The smallest absolute Gasteiger partial charge is 0.0973 e. The summed E-state index contributed by atoms with van der Waals surface area (Å²) in [4.78, 5) is 0. The molecule has 2 atom stereocenters. The summed E-state index contributed by atoms with van der Waals surface area (Å²) in [5, 5.41) is 22.4. The minimum Gasteiger partial charge on any atom is -0.393 e. The summed E-state index contributed by atoms with van der Waals surface area (Å²) in [6, 6.07) is 10.5. The Kier molecular flexibility index (Phi) is 7.06. The molecule has 0 radical (unpaired) electrons. The third kappa shape index (κ3) is 6.19. The lowest BCUT2D eigenvalue weighted by Gasteiger charge is -2.26. The molecule has 1 rings (SSSR count). The molecule has 0 spiro atoms. The van der Waals surface area contributed by atoms with Gasteiger partial charge >= 0.3 is 0 Å². The summed E-state index contributed by atoms with van der Waals surface area (Å²) in [5.41, 5.74) is 0.185. The van der Waals surface area contributed by atoms with Gasteiger partial charge in [0, 0.05) is 12.6 Å². The van der Waals surface area contributed by atoms with Crippen molar-refractivity contribution in [3.63, 3.8) is 0 Å². The predicted molar refractivity (Wildman–Crippen MR) is 79.0 cm³/mol. The Morgan fingerprint density at radius 2 is 1.89 bits per heavy atom. The fraction of sp³-hybridized carbons (Fsp3) is 0.625. The number of rotatable bonds is 9. The normalized spacial score (nSPS) is 16.0. The standard InChI is InChI=1S/C16H27NO2/c1-3-4-6-11-15(14-9-7-5-8-10-14)17-12-16(2,19)13-18/h5,7-10,15,17-19H,3-4,6,11-13H2,1-2H3. The Morgan fingerprint density at radius 1 is 1.21 bits per heavy atom.